The van der Waals surface area contributed by atoms with E-state index in [0.717, 1.165) is 10.4 Å². The first-order chi connectivity index (χ1) is 11.5. The SMILES string of the molecule is Cn1cccc1/C=N\n1c(=O)[nH]c2c([nH]c3ccc(F)cc32)c1=O. The first-order valence-electron chi connectivity index (χ1n) is 7.16. The Bertz CT molecular complexity index is 1220. The molecule has 1 aromatic carbocycles. The Labute approximate surface area is 133 Å². The Morgan fingerprint density at radius 3 is 2.75 bits per heavy atom. The van der Waals surface area contributed by atoms with E-state index in [0.29, 0.717) is 10.9 Å². The van der Waals surface area contributed by atoms with E-state index < -0.39 is 17.1 Å². The molecule has 0 atom stereocenters. The monoisotopic (exact) mass is 325 g/mol. The van der Waals surface area contributed by atoms with E-state index >= 15 is 0 Å². The van der Waals surface area contributed by atoms with Crippen molar-refractivity contribution in [2.45, 2.75) is 0 Å². The van der Waals surface area contributed by atoms with Crippen molar-refractivity contribution >= 4 is 28.2 Å². The van der Waals surface area contributed by atoms with Gasteiger partial charge in [0.05, 0.1) is 17.4 Å². The van der Waals surface area contributed by atoms with Crippen molar-refractivity contribution in [2.75, 3.05) is 0 Å². The zero-order valence-corrected chi connectivity index (χ0v) is 12.6. The van der Waals surface area contributed by atoms with Crippen LogP contribution in [0, 0.1) is 5.82 Å². The third-order valence-corrected chi connectivity index (χ3v) is 3.88. The summed E-state index contributed by atoms with van der Waals surface area (Å²) in [5.74, 6) is -0.449. The van der Waals surface area contributed by atoms with Crippen molar-refractivity contribution in [2.24, 2.45) is 12.1 Å². The normalized spacial score (nSPS) is 11.9. The lowest BCUT2D eigenvalue weighted by molar-refractivity contribution is 0.630. The second-order valence-corrected chi connectivity index (χ2v) is 5.40. The predicted molar refractivity (Wildman–Crippen MR) is 89.0 cm³/mol. The molecule has 0 spiro atoms. The first-order valence-corrected chi connectivity index (χ1v) is 7.16. The second kappa shape index (κ2) is 5.05. The maximum Gasteiger partial charge on any atom is 0.350 e. The summed E-state index contributed by atoms with van der Waals surface area (Å²) in [5.41, 5.74) is 0.436. The summed E-state index contributed by atoms with van der Waals surface area (Å²) in [7, 11) is 1.82. The van der Waals surface area contributed by atoms with Gasteiger partial charge in [-0.25, -0.2) is 9.18 Å². The van der Waals surface area contributed by atoms with Gasteiger partial charge in [-0.15, -0.1) is 4.68 Å². The standard InChI is InChI=1S/C16H12FN5O2/c1-21-6-2-3-10(21)8-18-22-15(23)14-13(20-16(22)24)11-7-9(17)4-5-12(11)19-14/h2-8,19H,1H3,(H,20,24)/b18-8-. The van der Waals surface area contributed by atoms with Crippen molar-refractivity contribution in [1.82, 2.24) is 19.2 Å². The van der Waals surface area contributed by atoms with Crippen LogP contribution < -0.4 is 11.2 Å². The Morgan fingerprint density at radius 2 is 2.00 bits per heavy atom. The summed E-state index contributed by atoms with van der Waals surface area (Å²) in [6.45, 7) is 0. The lowest BCUT2D eigenvalue weighted by Gasteiger charge is -1.98. The Hall–Kier alpha value is -3.42. The minimum Gasteiger partial charge on any atom is -0.350 e. The van der Waals surface area contributed by atoms with Gasteiger partial charge in [0.1, 0.15) is 11.3 Å². The molecule has 0 aliphatic carbocycles. The molecule has 120 valence electrons. The smallest absolute Gasteiger partial charge is 0.350 e. The minimum absolute atomic E-state index is 0.166. The van der Waals surface area contributed by atoms with Gasteiger partial charge >= 0.3 is 11.2 Å². The van der Waals surface area contributed by atoms with Gasteiger partial charge in [0, 0.05) is 24.1 Å². The molecular weight excluding hydrogens is 313 g/mol. The number of fused-ring (bicyclic) bond motifs is 3. The molecule has 2 N–H and O–H groups in total. The van der Waals surface area contributed by atoms with E-state index in [4.69, 9.17) is 0 Å². The van der Waals surface area contributed by atoms with Crippen LogP contribution in [0.1, 0.15) is 5.69 Å². The number of nitrogens with zero attached hydrogens (tertiary/aromatic N) is 3. The van der Waals surface area contributed by atoms with E-state index in [9.17, 15) is 14.0 Å². The molecule has 0 aliphatic rings. The highest BCUT2D eigenvalue weighted by molar-refractivity contribution is 6.04. The fourth-order valence-electron chi connectivity index (χ4n) is 2.64. The molecule has 8 heteroatoms. The van der Waals surface area contributed by atoms with Crippen LogP contribution in [0.4, 0.5) is 4.39 Å². The maximum absolute atomic E-state index is 13.4. The molecule has 0 bridgehead atoms. The molecule has 0 saturated carbocycles. The van der Waals surface area contributed by atoms with Gasteiger partial charge in [0.2, 0.25) is 0 Å². The molecule has 4 aromatic rings. The van der Waals surface area contributed by atoms with E-state index in [1.165, 1.54) is 24.4 Å². The number of H-pyrrole nitrogens is 2. The van der Waals surface area contributed by atoms with E-state index in [2.05, 4.69) is 15.1 Å². The number of aromatic nitrogens is 4. The first kappa shape index (κ1) is 14.2. The number of aryl methyl sites for hydroxylation is 1. The molecule has 24 heavy (non-hydrogen) atoms. The van der Waals surface area contributed by atoms with Gasteiger partial charge in [-0.1, -0.05) is 0 Å². The molecule has 3 heterocycles. The van der Waals surface area contributed by atoms with Crippen LogP contribution in [-0.4, -0.2) is 25.4 Å². The predicted octanol–water partition coefficient (Wildman–Crippen LogP) is 1.53. The van der Waals surface area contributed by atoms with Gasteiger partial charge in [-0.2, -0.15) is 5.10 Å². The maximum atomic E-state index is 13.4. The van der Waals surface area contributed by atoms with E-state index in [-0.39, 0.29) is 11.0 Å². The minimum atomic E-state index is -0.692. The number of halogens is 1. The average molecular weight is 325 g/mol. The quantitative estimate of drug-likeness (QED) is 0.548. The van der Waals surface area contributed by atoms with Crippen molar-refractivity contribution in [1.29, 1.82) is 0 Å². The third-order valence-electron chi connectivity index (χ3n) is 3.88. The number of hydrogen-bond donors (Lipinski definition) is 2. The van der Waals surface area contributed by atoms with Gasteiger partial charge in [0.25, 0.3) is 0 Å². The molecule has 0 amide bonds. The molecule has 3 aromatic heterocycles. The van der Waals surface area contributed by atoms with Crippen molar-refractivity contribution in [3.8, 4) is 0 Å². The van der Waals surface area contributed by atoms with Crippen LogP contribution in [0.25, 0.3) is 21.9 Å². The zero-order valence-electron chi connectivity index (χ0n) is 12.6. The van der Waals surface area contributed by atoms with Gasteiger partial charge in [-0.05, 0) is 30.3 Å². The zero-order chi connectivity index (χ0) is 16.8. The number of nitrogens with one attached hydrogen (secondary N) is 2. The molecular formula is C16H12FN5O2. The molecule has 7 nitrogen and oxygen atoms in total. The highest BCUT2D eigenvalue weighted by Crippen LogP contribution is 2.21. The van der Waals surface area contributed by atoms with Crippen LogP contribution in [0.5, 0.6) is 0 Å². The lowest BCUT2D eigenvalue weighted by atomic mass is 10.2. The summed E-state index contributed by atoms with van der Waals surface area (Å²) >= 11 is 0. The molecule has 0 aliphatic heterocycles. The van der Waals surface area contributed by atoms with Crippen LogP contribution in [0.2, 0.25) is 0 Å². The van der Waals surface area contributed by atoms with Crippen molar-refractivity contribution in [3.63, 3.8) is 0 Å². The molecule has 0 unspecified atom stereocenters. The number of rotatable bonds is 2. The second-order valence-electron chi connectivity index (χ2n) is 5.40. The highest BCUT2D eigenvalue weighted by Gasteiger charge is 2.13. The Balaban J connectivity index is 1.96. The van der Waals surface area contributed by atoms with Crippen LogP contribution >= 0.6 is 0 Å². The fraction of sp³-hybridized carbons (Fsp3) is 0.0625. The fourth-order valence-corrected chi connectivity index (χ4v) is 2.64. The number of benzene rings is 1. The Kier molecular flexibility index (Phi) is 2.99. The lowest BCUT2D eigenvalue weighted by Crippen LogP contribution is -2.32. The molecule has 0 fully saturated rings. The summed E-state index contributed by atoms with van der Waals surface area (Å²) in [6, 6.07) is 7.68. The molecule has 4 rings (SSSR count). The molecule has 0 saturated heterocycles. The third kappa shape index (κ3) is 2.08. The van der Waals surface area contributed by atoms with Crippen LogP contribution in [0.15, 0.2) is 51.2 Å². The number of hydrogen-bond acceptors (Lipinski definition) is 3. The van der Waals surface area contributed by atoms with E-state index in [1.54, 1.807) is 10.6 Å². The summed E-state index contributed by atoms with van der Waals surface area (Å²) < 4.78 is 16.0. The Morgan fingerprint density at radius 1 is 1.17 bits per heavy atom. The average Bonchev–Trinajstić information content (AvgIpc) is 3.11. The summed E-state index contributed by atoms with van der Waals surface area (Å²) in [4.78, 5) is 30.2. The largest absolute Gasteiger partial charge is 0.350 e. The van der Waals surface area contributed by atoms with E-state index in [1.807, 2.05) is 19.3 Å². The van der Waals surface area contributed by atoms with Crippen molar-refractivity contribution < 1.29 is 4.39 Å². The summed E-state index contributed by atoms with van der Waals surface area (Å²) in [5, 5.41) is 4.41. The van der Waals surface area contributed by atoms with Crippen LogP contribution in [-0.2, 0) is 7.05 Å². The van der Waals surface area contributed by atoms with Crippen LogP contribution in [0.3, 0.4) is 0 Å². The molecule has 0 radical (unpaired) electrons. The van der Waals surface area contributed by atoms with Gasteiger partial charge in [0.15, 0.2) is 0 Å². The van der Waals surface area contributed by atoms with Gasteiger partial charge in [-0.3, -0.25) is 4.79 Å². The topological polar surface area (TPSA) is 87.9 Å². The highest BCUT2D eigenvalue weighted by atomic mass is 19.1. The summed E-state index contributed by atoms with van der Waals surface area (Å²) in [6.07, 6.45) is 3.24. The number of aromatic amines is 2. The van der Waals surface area contributed by atoms with Gasteiger partial charge < -0.3 is 14.5 Å². The van der Waals surface area contributed by atoms with Crippen molar-refractivity contribution in [3.05, 3.63) is 68.9 Å².